The molecule has 7 heterocycles. The maximum Gasteiger partial charge on any atom is 0.277 e. The Labute approximate surface area is 693 Å². The zero-order chi connectivity index (χ0) is 79.0. The van der Waals surface area contributed by atoms with E-state index < -0.39 is 7.92 Å². The minimum absolute atomic E-state index is 0.0939. The van der Waals surface area contributed by atoms with Crippen molar-refractivity contribution in [2.24, 2.45) is 0 Å². The smallest absolute Gasteiger partial charge is 0.277 e. The van der Waals surface area contributed by atoms with E-state index in [2.05, 4.69) is 360 Å². The summed E-state index contributed by atoms with van der Waals surface area (Å²) in [6.07, 6.45) is 3.75. The van der Waals surface area contributed by atoms with Gasteiger partial charge in [-0.25, -0.2) is 9.97 Å². The quantitative estimate of drug-likeness (QED) is 0.0793. The van der Waals surface area contributed by atoms with E-state index in [9.17, 15) is 10.1 Å². The summed E-state index contributed by atoms with van der Waals surface area (Å²) in [5.41, 5.74) is 19.3. The Kier molecular flexibility index (Phi) is 17.7. The van der Waals surface area contributed by atoms with E-state index in [1.807, 2.05) is 72.3 Å². The van der Waals surface area contributed by atoms with Gasteiger partial charge in [0, 0.05) is 114 Å². The molecule has 0 aliphatic heterocycles. The van der Waals surface area contributed by atoms with Crippen LogP contribution >= 0.6 is 30.6 Å². The summed E-state index contributed by atoms with van der Waals surface area (Å²) in [6.45, 7) is 0. The summed E-state index contributed by atoms with van der Waals surface area (Å²) >= 11 is 3.58. The van der Waals surface area contributed by atoms with E-state index in [1.54, 1.807) is 17.4 Å². The number of nitro benzene ring substituents is 1. The van der Waals surface area contributed by atoms with Gasteiger partial charge in [-0.15, -0.1) is 22.7 Å². The maximum absolute atomic E-state index is 12.3. The largest absolute Gasteiger partial charge is 0.354 e. The van der Waals surface area contributed by atoms with Crippen LogP contribution in [0.5, 0.6) is 0 Å². The molecule has 0 aliphatic carbocycles. The Morgan fingerprint density at radius 2 is 0.689 bits per heavy atom. The predicted molar refractivity (Wildman–Crippen MR) is 506 cm³/mol. The highest BCUT2D eigenvalue weighted by Gasteiger charge is 2.24. The summed E-state index contributed by atoms with van der Waals surface area (Å²) in [5, 5.41) is 33.3. The fourth-order valence-electron chi connectivity index (χ4n) is 17.4. The third-order valence-electron chi connectivity index (χ3n) is 23.1. The molecule has 0 radical (unpaired) electrons. The van der Waals surface area contributed by atoms with Gasteiger partial charge in [0.1, 0.15) is 11.3 Å². The Morgan fingerprint density at radius 3 is 1.22 bits per heavy atom. The third-order valence-corrected chi connectivity index (χ3v) is 27.8. The summed E-state index contributed by atoms with van der Waals surface area (Å²) in [7, 11) is -0.446. The van der Waals surface area contributed by atoms with Gasteiger partial charge in [0.15, 0.2) is 0 Å². The minimum Gasteiger partial charge on any atom is -0.354 e. The minimum atomic E-state index is -0.446. The number of nitrogens with zero attached hydrogens (tertiary/aromatic N) is 5. The number of thiophene rings is 2. The first kappa shape index (κ1) is 70.8. The van der Waals surface area contributed by atoms with Crippen molar-refractivity contribution in [2.75, 3.05) is 0 Å². The Bertz CT molecular complexity index is 8010. The maximum atomic E-state index is 12.3. The van der Waals surface area contributed by atoms with Crippen molar-refractivity contribution in [3.8, 4) is 67.0 Å². The van der Waals surface area contributed by atoms with Crippen LogP contribution in [0, 0.1) is 10.1 Å². The van der Waals surface area contributed by atoms with Gasteiger partial charge < -0.3 is 4.98 Å². The third kappa shape index (κ3) is 12.9. The molecule has 1 N–H and O–H groups in total. The summed E-state index contributed by atoms with van der Waals surface area (Å²) in [6, 6.07) is 142. The molecule has 0 unspecified atom stereocenters. The highest BCUT2D eigenvalue weighted by atomic mass is 32.1. The average molecular weight is 1580 g/mol. The number of pyridine rings is 2. The first-order valence-corrected chi connectivity index (χ1v) is 42.8. The van der Waals surface area contributed by atoms with Crippen molar-refractivity contribution in [1.29, 1.82) is 0 Å². The zero-order valence-corrected chi connectivity index (χ0v) is 66.6. The van der Waals surface area contributed by atoms with Crippen LogP contribution in [0.25, 0.3) is 195 Å². The molecule has 24 aromatic rings. The van der Waals surface area contributed by atoms with Gasteiger partial charge in [0.05, 0.1) is 21.5 Å². The van der Waals surface area contributed by atoms with E-state index in [0.29, 0.717) is 5.56 Å². The second-order valence-electron chi connectivity index (χ2n) is 30.1. The van der Waals surface area contributed by atoms with Crippen LogP contribution in [0.4, 0.5) is 5.69 Å². The molecule has 0 bridgehead atoms. The number of fused-ring (bicyclic) bond motifs is 17. The van der Waals surface area contributed by atoms with E-state index in [1.165, 1.54) is 102 Å². The number of hydrogen-bond donors (Lipinski definition) is 1. The highest BCUT2D eigenvalue weighted by molar-refractivity contribution is 7.79. The molecule has 119 heavy (non-hydrogen) atoms. The Hall–Kier alpha value is -14.8. The van der Waals surface area contributed by atoms with Crippen molar-refractivity contribution < 1.29 is 4.92 Å². The fraction of sp³-hybridized carbons (Fsp3) is 0. The number of aromatic nitrogens is 5. The number of hydrogen-bond acceptors (Lipinski definition) is 6. The van der Waals surface area contributed by atoms with Gasteiger partial charge in [-0.2, -0.15) is 0 Å². The first-order valence-electron chi connectivity index (χ1n) is 39.8. The van der Waals surface area contributed by atoms with Crippen molar-refractivity contribution >= 4 is 180 Å². The molecule has 0 fully saturated rings. The number of benzene rings is 17. The Balaban J connectivity index is 0.000000118. The SMILES string of the molecule is O=[N+]([O-])c1ccc(-c2ccc3ccccc3c2)cc1-c1ccc2c(c1)sc1cc3c(cc12)c1cccnc1n3-c1cccc(-c2ccccc2)c1.c1ccc(-c2cccc(-n3c4cc5sc6cc7c(cc6c5cc4c4cccnc43)[nH]c3ccc(-c4ccc5ccccc5c4)cc37)c2)cc1.c1ccc(P(c2ccccc2)c2ccccc2)cc1. The molecular weight excluding hydrogens is 1510 g/mol. The van der Waals surface area contributed by atoms with Crippen LogP contribution in [0.15, 0.2) is 413 Å². The number of nitrogens with one attached hydrogen (secondary N) is 1. The van der Waals surface area contributed by atoms with E-state index in [-0.39, 0.29) is 10.6 Å². The molecule has 0 spiro atoms. The molecule has 560 valence electrons. The van der Waals surface area contributed by atoms with Gasteiger partial charge in [-0.3, -0.25) is 19.2 Å². The molecule has 0 saturated carbocycles. The van der Waals surface area contributed by atoms with Crippen LogP contribution in [0.1, 0.15) is 0 Å². The van der Waals surface area contributed by atoms with Crippen molar-refractivity contribution in [2.45, 2.75) is 0 Å². The van der Waals surface area contributed by atoms with Gasteiger partial charge in [0.25, 0.3) is 5.69 Å². The molecule has 7 aromatic heterocycles. The second kappa shape index (κ2) is 29.8. The van der Waals surface area contributed by atoms with Crippen molar-refractivity contribution in [3.63, 3.8) is 0 Å². The van der Waals surface area contributed by atoms with Gasteiger partial charge in [-0.1, -0.05) is 267 Å². The number of aromatic amines is 1. The second-order valence-corrected chi connectivity index (χ2v) is 34.5. The summed E-state index contributed by atoms with van der Waals surface area (Å²) in [5.74, 6) is 0. The van der Waals surface area contributed by atoms with E-state index >= 15 is 0 Å². The molecule has 17 aromatic carbocycles. The lowest BCUT2D eigenvalue weighted by molar-refractivity contribution is -0.384. The number of rotatable bonds is 11. The fourth-order valence-corrected chi connectivity index (χ4v) is 22.0. The number of nitro groups is 1. The van der Waals surface area contributed by atoms with Crippen LogP contribution in [-0.4, -0.2) is 29.0 Å². The van der Waals surface area contributed by atoms with E-state index in [4.69, 9.17) is 9.97 Å². The van der Waals surface area contributed by atoms with Crippen LogP contribution in [0.2, 0.25) is 0 Å². The monoisotopic (exact) mass is 1580 g/mol. The predicted octanol–water partition coefficient (Wildman–Crippen LogP) is 28.7. The van der Waals surface area contributed by atoms with Crippen molar-refractivity contribution in [3.05, 3.63) is 423 Å². The molecule has 0 atom stereocenters. The van der Waals surface area contributed by atoms with Gasteiger partial charge in [0.2, 0.25) is 0 Å². The molecule has 8 nitrogen and oxygen atoms in total. The zero-order valence-electron chi connectivity index (χ0n) is 64.1. The van der Waals surface area contributed by atoms with Crippen LogP contribution in [-0.2, 0) is 0 Å². The van der Waals surface area contributed by atoms with Crippen LogP contribution in [0.3, 0.4) is 0 Å². The standard InChI is InChI=1S/C45H27N3O2S.C45H27N3S.C18H15P/c49-48(50)41-20-18-33(32-16-15-29-10-4-5-11-30(29)22-32)24-38(41)34-17-19-36-40-26-39-37-14-7-21-46-45(37)47(42(39)27-44(40)51-43(36)25-34)35-13-6-12-31(23-35)28-8-2-1-3-9-28;1-2-8-27(9-3-1)30-12-6-13-33(21-30)48-42-26-44-38(23-37(42)34-14-7-19-46-45(34)48)39-24-41-36(25-43(39)49-44)35-22-32(17-18-40(35)47-41)31-16-15-28-10-4-5-11-29(28)20-31;1-4-10-16(11-5-1)19(17-12-6-2-7-13-17)18-14-8-3-9-15-18/h1-27H;1-26,47H;1-15H. The van der Waals surface area contributed by atoms with Crippen molar-refractivity contribution in [1.82, 2.24) is 24.1 Å². The molecule has 0 saturated heterocycles. The molecule has 11 heteroatoms. The van der Waals surface area contributed by atoms with Gasteiger partial charge >= 0.3 is 0 Å². The first-order chi connectivity index (χ1) is 58.8. The molecular formula is C108H69N6O2PS2. The molecule has 0 amide bonds. The average Bonchev–Trinajstić information content (AvgIpc) is 1.57. The van der Waals surface area contributed by atoms with Crippen LogP contribution < -0.4 is 15.9 Å². The number of H-pyrrole nitrogens is 1. The lowest BCUT2D eigenvalue weighted by Gasteiger charge is -2.18. The highest BCUT2D eigenvalue weighted by Crippen LogP contribution is 2.47. The van der Waals surface area contributed by atoms with Gasteiger partial charge in [-0.05, 0) is 223 Å². The molecule has 0 aliphatic rings. The summed E-state index contributed by atoms with van der Waals surface area (Å²) in [4.78, 5) is 25.5. The molecule has 24 rings (SSSR count). The lowest BCUT2D eigenvalue weighted by atomic mass is 9.95. The lowest BCUT2D eigenvalue weighted by Crippen LogP contribution is -2.20. The Morgan fingerprint density at radius 1 is 0.277 bits per heavy atom. The topological polar surface area (TPSA) is 94.6 Å². The van der Waals surface area contributed by atoms with E-state index in [0.717, 1.165) is 103 Å². The normalized spacial score (nSPS) is 11.7. The summed E-state index contributed by atoms with van der Waals surface area (Å²) < 4.78 is 9.39.